The van der Waals surface area contributed by atoms with E-state index in [2.05, 4.69) is 4.98 Å². The molecule has 1 atom stereocenters. The summed E-state index contributed by atoms with van der Waals surface area (Å²) in [4.78, 5) is 19.6. The first-order valence-electron chi connectivity index (χ1n) is 8.49. The van der Waals surface area contributed by atoms with Crippen LogP contribution in [0.1, 0.15) is 28.2 Å². The number of thiophene rings is 1. The number of fused-ring (bicyclic) bond motifs is 1. The summed E-state index contributed by atoms with van der Waals surface area (Å²) in [5, 5.41) is 1.85. The highest BCUT2D eigenvalue weighted by molar-refractivity contribution is 7.12. The highest BCUT2D eigenvalue weighted by atomic mass is 32.1. The van der Waals surface area contributed by atoms with E-state index in [4.69, 9.17) is 14.2 Å². The number of carbonyl (C=O) groups is 1. The molecular weight excluding hydrogens is 340 g/mol. The monoisotopic (exact) mass is 360 g/mol. The molecule has 0 aliphatic carbocycles. The number of aromatic nitrogens is 1. The summed E-state index contributed by atoms with van der Waals surface area (Å²) in [6.45, 7) is 2.83. The van der Waals surface area contributed by atoms with Crippen molar-refractivity contribution in [2.24, 2.45) is 0 Å². The number of ether oxygens (including phenoxy) is 3. The van der Waals surface area contributed by atoms with Gasteiger partial charge in [-0.15, -0.1) is 11.3 Å². The van der Waals surface area contributed by atoms with Gasteiger partial charge in [-0.25, -0.2) is 0 Å². The standard InChI is InChI=1S/C18H20N2O4S/c21-18(17-16-15(12-25-17)22-8-9-23-16)20-7-3-5-14(10-20)24-11-13-4-1-2-6-19-13/h1-2,4,6,12,14H,3,5,7-11H2. The molecule has 7 heteroatoms. The van der Waals surface area contributed by atoms with Crippen LogP contribution in [0.3, 0.4) is 0 Å². The van der Waals surface area contributed by atoms with Crippen molar-refractivity contribution in [3.8, 4) is 11.5 Å². The first kappa shape index (κ1) is 16.4. The van der Waals surface area contributed by atoms with Crippen LogP contribution in [-0.4, -0.2) is 48.2 Å². The summed E-state index contributed by atoms with van der Waals surface area (Å²) in [7, 11) is 0. The second-order valence-corrected chi connectivity index (χ2v) is 6.98. The number of carbonyl (C=O) groups excluding carboxylic acids is 1. The number of hydrogen-bond acceptors (Lipinski definition) is 6. The van der Waals surface area contributed by atoms with Crippen molar-refractivity contribution in [2.75, 3.05) is 26.3 Å². The smallest absolute Gasteiger partial charge is 0.267 e. The molecule has 2 aromatic rings. The van der Waals surface area contributed by atoms with Crippen molar-refractivity contribution in [3.63, 3.8) is 0 Å². The van der Waals surface area contributed by atoms with Crippen LogP contribution in [0.15, 0.2) is 29.8 Å². The van der Waals surface area contributed by atoms with E-state index in [1.54, 1.807) is 6.20 Å². The minimum atomic E-state index is 0.00267. The minimum absolute atomic E-state index is 0.00267. The Morgan fingerprint density at radius 3 is 3.16 bits per heavy atom. The molecule has 1 amide bonds. The Labute approximate surface area is 150 Å². The van der Waals surface area contributed by atoms with Crippen LogP contribution < -0.4 is 9.47 Å². The molecule has 0 bridgehead atoms. The maximum atomic E-state index is 12.9. The van der Waals surface area contributed by atoms with Crippen LogP contribution in [0.4, 0.5) is 0 Å². The van der Waals surface area contributed by atoms with Crippen molar-refractivity contribution in [1.82, 2.24) is 9.88 Å². The maximum absolute atomic E-state index is 12.9. The van der Waals surface area contributed by atoms with Gasteiger partial charge in [0.05, 0.1) is 18.4 Å². The van der Waals surface area contributed by atoms with E-state index in [9.17, 15) is 4.79 Å². The van der Waals surface area contributed by atoms with E-state index in [0.29, 0.717) is 42.7 Å². The molecule has 0 saturated carbocycles. The Bertz CT molecular complexity index is 734. The molecule has 1 unspecified atom stereocenters. The van der Waals surface area contributed by atoms with Gasteiger partial charge in [0.1, 0.15) is 18.1 Å². The average Bonchev–Trinajstić information content (AvgIpc) is 3.11. The number of nitrogens with zero attached hydrogens (tertiary/aromatic N) is 2. The predicted molar refractivity (Wildman–Crippen MR) is 93.3 cm³/mol. The van der Waals surface area contributed by atoms with Crippen molar-refractivity contribution >= 4 is 17.2 Å². The van der Waals surface area contributed by atoms with E-state index < -0.39 is 0 Å². The fourth-order valence-corrected chi connectivity index (χ4v) is 4.00. The molecule has 0 spiro atoms. The third-order valence-corrected chi connectivity index (χ3v) is 5.28. The van der Waals surface area contributed by atoms with Crippen molar-refractivity contribution in [2.45, 2.75) is 25.6 Å². The lowest BCUT2D eigenvalue weighted by Crippen LogP contribution is -2.43. The topological polar surface area (TPSA) is 60.9 Å². The molecule has 0 radical (unpaired) electrons. The zero-order valence-electron chi connectivity index (χ0n) is 13.8. The number of pyridine rings is 1. The van der Waals surface area contributed by atoms with E-state index in [0.717, 1.165) is 25.1 Å². The van der Waals surface area contributed by atoms with Gasteiger partial charge in [-0.3, -0.25) is 9.78 Å². The maximum Gasteiger partial charge on any atom is 0.267 e. The SMILES string of the molecule is O=C(c1scc2c1OCCO2)N1CCCC(OCc2ccccn2)C1. The van der Waals surface area contributed by atoms with Gasteiger partial charge in [0.15, 0.2) is 11.5 Å². The Kier molecular flexibility index (Phi) is 4.85. The van der Waals surface area contributed by atoms with Crippen LogP contribution in [0, 0.1) is 0 Å². The van der Waals surface area contributed by atoms with E-state index in [1.807, 2.05) is 28.5 Å². The highest BCUT2D eigenvalue weighted by Crippen LogP contribution is 2.40. The van der Waals surface area contributed by atoms with E-state index >= 15 is 0 Å². The largest absolute Gasteiger partial charge is 0.485 e. The zero-order valence-corrected chi connectivity index (χ0v) is 14.7. The molecule has 1 saturated heterocycles. The third kappa shape index (κ3) is 3.62. The lowest BCUT2D eigenvalue weighted by atomic mass is 10.1. The zero-order chi connectivity index (χ0) is 17.1. The Hall–Kier alpha value is -2.12. The number of rotatable bonds is 4. The summed E-state index contributed by atoms with van der Waals surface area (Å²) in [5.74, 6) is 1.28. The number of amides is 1. The van der Waals surface area contributed by atoms with Gasteiger partial charge < -0.3 is 19.1 Å². The highest BCUT2D eigenvalue weighted by Gasteiger charge is 2.30. The van der Waals surface area contributed by atoms with Crippen LogP contribution in [0.2, 0.25) is 0 Å². The van der Waals surface area contributed by atoms with Crippen LogP contribution in [0.25, 0.3) is 0 Å². The predicted octanol–water partition coefficient (Wildman–Crippen LogP) is 2.74. The molecule has 2 aliphatic rings. The lowest BCUT2D eigenvalue weighted by molar-refractivity contribution is -0.00784. The van der Waals surface area contributed by atoms with Gasteiger partial charge in [-0.2, -0.15) is 0 Å². The Morgan fingerprint density at radius 1 is 1.36 bits per heavy atom. The molecule has 1 fully saturated rings. The molecule has 0 aromatic carbocycles. The quantitative estimate of drug-likeness (QED) is 0.839. The van der Waals surface area contributed by atoms with Crippen LogP contribution in [0.5, 0.6) is 11.5 Å². The van der Waals surface area contributed by atoms with Gasteiger partial charge in [0, 0.05) is 24.7 Å². The Balaban J connectivity index is 1.39. The molecule has 4 rings (SSSR count). The van der Waals surface area contributed by atoms with Crippen molar-refractivity contribution < 1.29 is 19.0 Å². The van der Waals surface area contributed by atoms with E-state index in [1.165, 1.54) is 11.3 Å². The summed E-state index contributed by atoms with van der Waals surface area (Å²) >= 11 is 1.39. The van der Waals surface area contributed by atoms with E-state index in [-0.39, 0.29) is 12.0 Å². The molecule has 4 heterocycles. The summed E-state index contributed by atoms with van der Waals surface area (Å²) < 4.78 is 17.1. The third-order valence-electron chi connectivity index (χ3n) is 4.35. The molecule has 25 heavy (non-hydrogen) atoms. The first-order chi connectivity index (χ1) is 12.3. The summed E-state index contributed by atoms with van der Waals surface area (Å²) in [6.07, 6.45) is 3.69. The minimum Gasteiger partial charge on any atom is -0.485 e. The van der Waals surface area contributed by atoms with Crippen molar-refractivity contribution in [3.05, 3.63) is 40.3 Å². The lowest BCUT2D eigenvalue weighted by Gasteiger charge is -2.32. The number of piperidine rings is 1. The fraction of sp³-hybridized carbons (Fsp3) is 0.444. The van der Waals surface area contributed by atoms with Gasteiger partial charge in [0.25, 0.3) is 5.91 Å². The average molecular weight is 360 g/mol. The molecule has 132 valence electrons. The molecule has 2 aliphatic heterocycles. The van der Waals surface area contributed by atoms with Gasteiger partial charge in [0.2, 0.25) is 0 Å². The Morgan fingerprint density at radius 2 is 2.28 bits per heavy atom. The number of hydrogen-bond donors (Lipinski definition) is 0. The van der Waals surface area contributed by atoms with Crippen LogP contribution >= 0.6 is 11.3 Å². The summed E-state index contributed by atoms with van der Waals surface area (Å²) in [5.41, 5.74) is 0.906. The number of likely N-dealkylation sites (tertiary alicyclic amines) is 1. The van der Waals surface area contributed by atoms with Gasteiger partial charge in [-0.05, 0) is 25.0 Å². The first-order valence-corrected chi connectivity index (χ1v) is 9.37. The van der Waals surface area contributed by atoms with Gasteiger partial charge >= 0.3 is 0 Å². The molecule has 2 aromatic heterocycles. The van der Waals surface area contributed by atoms with Gasteiger partial charge in [-0.1, -0.05) is 6.07 Å². The summed E-state index contributed by atoms with van der Waals surface area (Å²) in [6, 6.07) is 5.78. The molecular formula is C18H20N2O4S. The second kappa shape index (κ2) is 7.41. The van der Waals surface area contributed by atoms with Crippen molar-refractivity contribution in [1.29, 1.82) is 0 Å². The fourth-order valence-electron chi connectivity index (χ4n) is 3.10. The molecule has 0 N–H and O–H groups in total. The van der Waals surface area contributed by atoms with Crippen LogP contribution in [-0.2, 0) is 11.3 Å². The second-order valence-electron chi connectivity index (χ2n) is 6.10. The normalized spacial score (nSPS) is 19.7. The molecule has 6 nitrogen and oxygen atoms in total.